The van der Waals surface area contributed by atoms with E-state index >= 15 is 0 Å². The molecule has 2 aliphatic carbocycles. The molecule has 7 nitrogen and oxygen atoms in total. The van der Waals surface area contributed by atoms with Crippen molar-refractivity contribution >= 4 is 17.5 Å². The summed E-state index contributed by atoms with van der Waals surface area (Å²) in [6.07, 6.45) is 2.81. The molecule has 1 unspecified atom stereocenters. The van der Waals surface area contributed by atoms with E-state index < -0.39 is 18.8 Å². The second-order valence-corrected chi connectivity index (χ2v) is 9.79. The number of nitrogens with zero attached hydrogens (tertiary/aromatic N) is 5. The van der Waals surface area contributed by atoms with Crippen molar-refractivity contribution in [1.82, 2.24) is 15.3 Å². The summed E-state index contributed by atoms with van der Waals surface area (Å²) < 4.78 is 43.4. The van der Waals surface area contributed by atoms with Gasteiger partial charge in [0.05, 0.1) is 5.71 Å². The number of hydrogen-bond acceptors (Lipinski definition) is 7. The topological polar surface area (TPSA) is 75.0 Å². The van der Waals surface area contributed by atoms with Crippen LogP contribution in [0.5, 0.6) is 0 Å². The number of aliphatic imine (C=N–C) groups is 2. The SMILES string of the molecule is Cc1cc(N2C[C@H]3CC[C@@H](C2)[C@@H]3NC2=NC3C(OCC(F)(F)F)=CC=C(C(C)C)C3=N2)ncn1. The van der Waals surface area contributed by atoms with Gasteiger partial charge in [-0.05, 0) is 49.2 Å². The second-order valence-electron chi connectivity index (χ2n) is 9.79. The molecule has 1 aromatic rings. The van der Waals surface area contributed by atoms with E-state index in [2.05, 4.69) is 25.2 Å². The number of allylic oxidation sites excluding steroid dienone is 2. The number of alkyl halides is 3. The largest absolute Gasteiger partial charge is 0.486 e. The van der Waals surface area contributed by atoms with Gasteiger partial charge in [-0.3, -0.25) is 0 Å². The molecule has 0 amide bonds. The summed E-state index contributed by atoms with van der Waals surface area (Å²) in [4.78, 5) is 20.4. The van der Waals surface area contributed by atoms with Crippen LogP contribution in [0.2, 0.25) is 0 Å². The first-order valence-corrected chi connectivity index (χ1v) is 11.8. The van der Waals surface area contributed by atoms with Crippen molar-refractivity contribution in [2.45, 2.75) is 51.9 Å². The highest BCUT2D eigenvalue weighted by molar-refractivity contribution is 6.16. The van der Waals surface area contributed by atoms with Crippen LogP contribution >= 0.6 is 0 Å². The van der Waals surface area contributed by atoms with Crippen molar-refractivity contribution in [2.75, 3.05) is 24.6 Å². The van der Waals surface area contributed by atoms with Gasteiger partial charge in [0.15, 0.2) is 12.6 Å². The summed E-state index contributed by atoms with van der Waals surface area (Å²) in [5, 5.41) is 3.54. The maximum atomic E-state index is 12.8. The Hall–Kier alpha value is -2.91. The number of fused-ring (bicyclic) bond motifs is 3. The molecule has 2 aliphatic heterocycles. The summed E-state index contributed by atoms with van der Waals surface area (Å²) in [5.74, 6) is 2.63. The molecule has 1 N–H and O–H groups in total. The number of aromatic nitrogens is 2. The van der Waals surface area contributed by atoms with Gasteiger partial charge in [0, 0.05) is 30.9 Å². The lowest BCUT2D eigenvalue weighted by molar-refractivity contribution is -0.165. The predicted octanol–water partition coefficient (Wildman–Crippen LogP) is 3.83. The Morgan fingerprint density at radius 3 is 2.53 bits per heavy atom. The zero-order valence-corrected chi connectivity index (χ0v) is 19.5. The smallest absolute Gasteiger partial charge is 0.422 e. The molecule has 3 heterocycles. The molecule has 10 heteroatoms. The first kappa shape index (κ1) is 22.9. The maximum absolute atomic E-state index is 12.8. The number of halogens is 3. The molecule has 0 radical (unpaired) electrons. The lowest BCUT2D eigenvalue weighted by atomic mass is 9.89. The normalized spacial score (nSPS) is 28.3. The summed E-state index contributed by atoms with van der Waals surface area (Å²) >= 11 is 0. The molecule has 4 aliphatic rings. The first-order chi connectivity index (χ1) is 16.2. The molecule has 2 bridgehead atoms. The molecule has 34 heavy (non-hydrogen) atoms. The number of nitrogens with one attached hydrogen (secondary N) is 1. The average Bonchev–Trinajstić information content (AvgIpc) is 3.28. The monoisotopic (exact) mass is 474 g/mol. The number of hydrogen-bond donors (Lipinski definition) is 1. The highest BCUT2D eigenvalue weighted by Gasteiger charge is 2.44. The fraction of sp³-hybridized carbons (Fsp3) is 0.583. The van der Waals surface area contributed by atoms with E-state index in [-0.39, 0.29) is 17.7 Å². The van der Waals surface area contributed by atoms with E-state index in [1.165, 1.54) is 0 Å². The van der Waals surface area contributed by atoms with E-state index in [4.69, 9.17) is 9.73 Å². The summed E-state index contributed by atoms with van der Waals surface area (Å²) in [7, 11) is 0. The Kier molecular flexibility index (Phi) is 5.85. The van der Waals surface area contributed by atoms with Gasteiger partial charge in [-0.25, -0.2) is 20.0 Å². The Balaban J connectivity index is 1.32. The predicted molar refractivity (Wildman–Crippen MR) is 124 cm³/mol. The van der Waals surface area contributed by atoms with Crippen LogP contribution in [0.25, 0.3) is 0 Å². The van der Waals surface area contributed by atoms with Gasteiger partial charge < -0.3 is 15.0 Å². The van der Waals surface area contributed by atoms with Gasteiger partial charge in [0.25, 0.3) is 0 Å². The van der Waals surface area contributed by atoms with Crippen LogP contribution in [0.1, 0.15) is 32.4 Å². The fourth-order valence-electron chi connectivity index (χ4n) is 5.41. The molecule has 2 fully saturated rings. The molecule has 182 valence electrons. The molecule has 0 spiro atoms. The average molecular weight is 475 g/mol. The number of ether oxygens (including phenoxy) is 1. The highest BCUT2D eigenvalue weighted by Crippen LogP contribution is 2.39. The standard InChI is InChI=1S/C24H29F3N6O/c1-13(2)17-6-7-18(34-11-24(25,26)27)22-21(17)31-23(32-22)30-20-15-4-5-16(20)10-33(9-15)19-8-14(3)28-12-29-19/h6-8,12-13,15-16,20,22H,4-5,9-11H2,1-3H3,(H,30,32)/t15-,16+,20-,22?. The Morgan fingerprint density at radius 2 is 1.88 bits per heavy atom. The van der Waals surface area contributed by atoms with E-state index in [1.807, 2.05) is 26.8 Å². The van der Waals surface area contributed by atoms with Gasteiger partial charge >= 0.3 is 6.18 Å². The molecular weight excluding hydrogens is 445 g/mol. The fourth-order valence-corrected chi connectivity index (χ4v) is 5.41. The van der Waals surface area contributed by atoms with Gasteiger partial charge in [-0.2, -0.15) is 13.2 Å². The molecular formula is C24H29F3N6O. The Labute approximate surface area is 196 Å². The van der Waals surface area contributed by atoms with Crippen LogP contribution in [0.15, 0.2) is 45.9 Å². The number of rotatable bonds is 5. The Bertz CT molecular complexity index is 1060. The van der Waals surface area contributed by atoms with Gasteiger partial charge in [-0.1, -0.05) is 19.9 Å². The number of anilines is 1. The molecule has 1 saturated carbocycles. The van der Waals surface area contributed by atoms with Crippen molar-refractivity contribution in [3.05, 3.63) is 41.6 Å². The van der Waals surface area contributed by atoms with Crippen LogP contribution in [-0.2, 0) is 4.74 Å². The van der Waals surface area contributed by atoms with Gasteiger partial charge in [0.1, 0.15) is 17.9 Å². The molecule has 0 aromatic carbocycles. The second kappa shape index (κ2) is 8.70. The van der Waals surface area contributed by atoms with Crippen LogP contribution in [0.4, 0.5) is 19.0 Å². The minimum Gasteiger partial charge on any atom is -0.486 e. The van der Waals surface area contributed by atoms with Crippen LogP contribution in [-0.4, -0.2) is 59.6 Å². The number of aryl methyl sites for hydroxylation is 1. The lowest BCUT2D eigenvalue weighted by Gasteiger charge is -2.39. The quantitative estimate of drug-likeness (QED) is 0.702. The van der Waals surface area contributed by atoms with Crippen molar-refractivity contribution < 1.29 is 17.9 Å². The molecule has 1 saturated heterocycles. The first-order valence-electron chi connectivity index (χ1n) is 11.8. The van der Waals surface area contributed by atoms with Crippen LogP contribution in [0.3, 0.4) is 0 Å². The zero-order chi connectivity index (χ0) is 24.0. The minimum atomic E-state index is -4.40. The van der Waals surface area contributed by atoms with Crippen molar-refractivity contribution in [3.8, 4) is 0 Å². The maximum Gasteiger partial charge on any atom is 0.422 e. The summed E-state index contributed by atoms with van der Waals surface area (Å²) in [6.45, 7) is 6.47. The van der Waals surface area contributed by atoms with Crippen molar-refractivity contribution in [3.63, 3.8) is 0 Å². The van der Waals surface area contributed by atoms with Crippen molar-refractivity contribution in [2.24, 2.45) is 27.7 Å². The molecule has 4 atom stereocenters. The summed E-state index contributed by atoms with van der Waals surface area (Å²) in [6, 6.07) is 1.60. The van der Waals surface area contributed by atoms with E-state index in [0.29, 0.717) is 23.5 Å². The molecule has 5 rings (SSSR count). The van der Waals surface area contributed by atoms with Gasteiger partial charge in [-0.15, -0.1) is 0 Å². The Morgan fingerprint density at radius 1 is 1.15 bits per heavy atom. The third kappa shape index (κ3) is 4.54. The van der Waals surface area contributed by atoms with Crippen LogP contribution in [0, 0.1) is 24.7 Å². The van der Waals surface area contributed by atoms with E-state index in [0.717, 1.165) is 43.0 Å². The van der Waals surface area contributed by atoms with E-state index in [9.17, 15) is 13.2 Å². The highest BCUT2D eigenvalue weighted by atomic mass is 19.4. The number of guanidine groups is 1. The molecule has 1 aromatic heterocycles. The third-order valence-electron chi connectivity index (χ3n) is 7.00. The zero-order valence-electron chi connectivity index (χ0n) is 19.5. The minimum absolute atomic E-state index is 0.173. The van der Waals surface area contributed by atoms with Crippen molar-refractivity contribution in [1.29, 1.82) is 0 Å². The lowest BCUT2D eigenvalue weighted by Crippen LogP contribution is -2.52. The van der Waals surface area contributed by atoms with Crippen LogP contribution < -0.4 is 10.2 Å². The third-order valence-corrected chi connectivity index (χ3v) is 7.00. The summed E-state index contributed by atoms with van der Waals surface area (Å²) in [5.41, 5.74) is 2.60. The number of piperidine rings is 1. The van der Waals surface area contributed by atoms with E-state index in [1.54, 1.807) is 18.5 Å². The van der Waals surface area contributed by atoms with Gasteiger partial charge in [0.2, 0.25) is 5.96 Å².